The zero-order valence-corrected chi connectivity index (χ0v) is 13.9. The van der Waals surface area contributed by atoms with Crippen LogP contribution >= 0.6 is 0 Å². The van der Waals surface area contributed by atoms with E-state index in [4.69, 9.17) is 9.47 Å². The number of ether oxygens (including phenoxy) is 2. The van der Waals surface area contributed by atoms with E-state index in [1.54, 1.807) is 0 Å². The number of hydrogen-bond acceptors (Lipinski definition) is 3. The first-order valence-electron chi connectivity index (χ1n) is 8.60. The molecule has 1 fully saturated rings. The zero-order valence-electron chi connectivity index (χ0n) is 13.9. The zero-order chi connectivity index (χ0) is 16.4. The Kier molecular flexibility index (Phi) is 4.08. The maximum absolute atomic E-state index is 5.87. The first kappa shape index (κ1) is 15.0. The molecular weight excluding hydrogens is 298 g/mol. The minimum Gasteiger partial charge on any atom is -0.493 e. The lowest BCUT2D eigenvalue weighted by molar-refractivity contribution is 0.299. The molecule has 0 saturated heterocycles. The van der Waals surface area contributed by atoms with Crippen LogP contribution in [-0.4, -0.2) is 11.6 Å². The van der Waals surface area contributed by atoms with E-state index in [9.17, 15) is 0 Å². The molecule has 0 radical (unpaired) electrons. The van der Waals surface area contributed by atoms with Gasteiger partial charge < -0.3 is 9.47 Å². The second kappa shape index (κ2) is 6.52. The predicted molar refractivity (Wildman–Crippen MR) is 95.9 cm³/mol. The lowest BCUT2D eigenvalue weighted by Crippen LogP contribution is -1.98. The molecule has 3 aromatic rings. The van der Waals surface area contributed by atoms with Gasteiger partial charge in [-0.25, -0.2) is 4.98 Å². The number of aryl methyl sites for hydroxylation is 1. The molecule has 1 aliphatic rings. The van der Waals surface area contributed by atoms with Crippen LogP contribution in [0.3, 0.4) is 0 Å². The standard InChI is InChI=1S/C21H21NO2/c1-2-15-5-11-20-17(13-15)6-12-21(22-20)24-19-9-7-18(8-10-19)23-14-16-3-4-16/h5-13,16H,2-4,14H2,1H3. The van der Waals surface area contributed by atoms with E-state index in [1.165, 1.54) is 18.4 Å². The summed E-state index contributed by atoms with van der Waals surface area (Å²) in [5.41, 5.74) is 2.27. The van der Waals surface area contributed by atoms with Crippen molar-refractivity contribution in [2.45, 2.75) is 26.2 Å². The van der Waals surface area contributed by atoms with Crippen molar-refractivity contribution in [3.05, 3.63) is 60.2 Å². The SMILES string of the molecule is CCc1ccc2nc(Oc3ccc(OCC4CC4)cc3)ccc2c1. The minimum atomic E-state index is 0.610. The van der Waals surface area contributed by atoms with Crippen LogP contribution in [0.25, 0.3) is 10.9 Å². The van der Waals surface area contributed by atoms with Gasteiger partial charge in [0.15, 0.2) is 0 Å². The van der Waals surface area contributed by atoms with Crippen molar-refractivity contribution in [1.29, 1.82) is 0 Å². The summed E-state index contributed by atoms with van der Waals surface area (Å²) in [5.74, 6) is 3.04. The van der Waals surface area contributed by atoms with Crippen molar-refractivity contribution < 1.29 is 9.47 Å². The van der Waals surface area contributed by atoms with E-state index < -0.39 is 0 Å². The Hall–Kier alpha value is -2.55. The van der Waals surface area contributed by atoms with E-state index in [2.05, 4.69) is 36.2 Å². The van der Waals surface area contributed by atoms with Crippen LogP contribution in [0.5, 0.6) is 17.4 Å². The highest BCUT2D eigenvalue weighted by Gasteiger charge is 2.21. The average molecular weight is 319 g/mol. The molecule has 1 aromatic heterocycles. The smallest absolute Gasteiger partial charge is 0.219 e. The molecule has 1 aliphatic carbocycles. The molecule has 24 heavy (non-hydrogen) atoms. The summed E-state index contributed by atoms with van der Waals surface area (Å²) < 4.78 is 11.6. The van der Waals surface area contributed by atoms with E-state index in [0.29, 0.717) is 5.88 Å². The van der Waals surface area contributed by atoms with Crippen LogP contribution < -0.4 is 9.47 Å². The van der Waals surface area contributed by atoms with Gasteiger partial charge in [-0.3, -0.25) is 0 Å². The Bertz CT molecular complexity index is 838. The molecule has 1 heterocycles. The third-order valence-corrected chi connectivity index (χ3v) is 4.37. The largest absolute Gasteiger partial charge is 0.493 e. The second-order valence-electron chi connectivity index (χ2n) is 6.36. The van der Waals surface area contributed by atoms with Gasteiger partial charge in [0.1, 0.15) is 11.5 Å². The van der Waals surface area contributed by atoms with Crippen LogP contribution in [0.1, 0.15) is 25.3 Å². The van der Waals surface area contributed by atoms with Crippen molar-refractivity contribution in [2.24, 2.45) is 5.92 Å². The molecule has 4 rings (SSSR count). The molecule has 0 amide bonds. The molecule has 122 valence electrons. The molecule has 0 bridgehead atoms. The van der Waals surface area contributed by atoms with Crippen molar-refractivity contribution >= 4 is 10.9 Å². The van der Waals surface area contributed by atoms with E-state index in [0.717, 1.165) is 41.3 Å². The maximum Gasteiger partial charge on any atom is 0.219 e. The molecule has 2 aromatic carbocycles. The van der Waals surface area contributed by atoms with Gasteiger partial charge in [-0.05, 0) is 73.2 Å². The molecule has 3 heteroatoms. The Morgan fingerprint density at radius 3 is 2.50 bits per heavy atom. The first-order valence-corrected chi connectivity index (χ1v) is 8.60. The average Bonchev–Trinajstić information content (AvgIpc) is 3.45. The highest BCUT2D eigenvalue weighted by molar-refractivity contribution is 5.79. The predicted octanol–water partition coefficient (Wildman–Crippen LogP) is 5.38. The van der Waals surface area contributed by atoms with E-state index >= 15 is 0 Å². The van der Waals surface area contributed by atoms with Gasteiger partial charge in [0, 0.05) is 11.5 Å². The fourth-order valence-electron chi connectivity index (χ4n) is 2.66. The summed E-state index contributed by atoms with van der Waals surface area (Å²) in [4.78, 5) is 4.58. The highest BCUT2D eigenvalue weighted by atomic mass is 16.5. The van der Waals surface area contributed by atoms with Gasteiger partial charge in [-0.2, -0.15) is 0 Å². The molecule has 0 aliphatic heterocycles. The topological polar surface area (TPSA) is 31.4 Å². The summed E-state index contributed by atoms with van der Waals surface area (Å²) in [6.45, 7) is 2.98. The monoisotopic (exact) mass is 319 g/mol. The lowest BCUT2D eigenvalue weighted by Gasteiger charge is -2.08. The van der Waals surface area contributed by atoms with Crippen LogP contribution in [0.4, 0.5) is 0 Å². The van der Waals surface area contributed by atoms with Gasteiger partial charge in [0.25, 0.3) is 0 Å². The summed E-state index contributed by atoms with van der Waals surface area (Å²) in [5, 5.41) is 1.14. The van der Waals surface area contributed by atoms with Crippen molar-refractivity contribution in [3.63, 3.8) is 0 Å². The summed E-state index contributed by atoms with van der Waals surface area (Å²) in [6, 6.07) is 18.1. The number of rotatable bonds is 6. The summed E-state index contributed by atoms with van der Waals surface area (Å²) in [7, 11) is 0. The highest BCUT2D eigenvalue weighted by Crippen LogP contribution is 2.30. The van der Waals surface area contributed by atoms with Crippen molar-refractivity contribution in [1.82, 2.24) is 4.98 Å². The fourth-order valence-corrected chi connectivity index (χ4v) is 2.66. The van der Waals surface area contributed by atoms with Gasteiger partial charge in [-0.15, -0.1) is 0 Å². The molecule has 0 unspecified atom stereocenters. The molecule has 0 atom stereocenters. The molecule has 1 saturated carbocycles. The Morgan fingerprint density at radius 1 is 0.958 bits per heavy atom. The molecule has 0 N–H and O–H groups in total. The van der Waals surface area contributed by atoms with Crippen molar-refractivity contribution in [2.75, 3.05) is 6.61 Å². The summed E-state index contributed by atoms with van der Waals surface area (Å²) >= 11 is 0. The quantitative estimate of drug-likeness (QED) is 0.611. The number of fused-ring (bicyclic) bond motifs is 1. The van der Waals surface area contributed by atoms with Crippen molar-refractivity contribution in [3.8, 4) is 17.4 Å². The Balaban J connectivity index is 1.46. The maximum atomic E-state index is 5.87. The molecule has 3 nitrogen and oxygen atoms in total. The normalized spacial score (nSPS) is 13.9. The van der Waals surface area contributed by atoms with Gasteiger partial charge in [-0.1, -0.05) is 13.0 Å². The number of nitrogens with zero attached hydrogens (tertiary/aromatic N) is 1. The van der Waals surface area contributed by atoms with Gasteiger partial charge in [0.2, 0.25) is 5.88 Å². The Morgan fingerprint density at radius 2 is 1.75 bits per heavy atom. The fraction of sp³-hybridized carbons (Fsp3) is 0.286. The number of pyridine rings is 1. The minimum absolute atomic E-state index is 0.610. The molecule has 0 spiro atoms. The molecular formula is C21H21NO2. The van der Waals surface area contributed by atoms with Gasteiger partial charge in [0.05, 0.1) is 12.1 Å². The third-order valence-electron chi connectivity index (χ3n) is 4.37. The number of benzene rings is 2. The third kappa shape index (κ3) is 3.51. The lowest BCUT2D eigenvalue weighted by atomic mass is 10.1. The van der Waals surface area contributed by atoms with Crippen LogP contribution in [0.2, 0.25) is 0 Å². The number of aromatic nitrogens is 1. The van der Waals surface area contributed by atoms with E-state index in [-0.39, 0.29) is 0 Å². The second-order valence-corrected chi connectivity index (χ2v) is 6.36. The van der Waals surface area contributed by atoms with E-state index in [1.807, 2.05) is 30.3 Å². The van der Waals surface area contributed by atoms with Crippen LogP contribution in [0.15, 0.2) is 54.6 Å². The van der Waals surface area contributed by atoms with Crippen LogP contribution in [0, 0.1) is 5.92 Å². The van der Waals surface area contributed by atoms with Gasteiger partial charge >= 0.3 is 0 Å². The Labute approximate surface area is 142 Å². The van der Waals surface area contributed by atoms with Crippen LogP contribution in [-0.2, 0) is 6.42 Å². The summed E-state index contributed by atoms with van der Waals surface area (Å²) in [6.07, 6.45) is 3.63. The number of hydrogen-bond donors (Lipinski definition) is 0. The first-order chi connectivity index (χ1) is 11.8.